The minimum atomic E-state index is 0.234. The SMILES string of the molecule is CCCC(CN)Nc1nc2ccccc2o1. The Labute approximate surface area is 94.8 Å². The molecule has 1 heterocycles. The lowest BCUT2D eigenvalue weighted by Gasteiger charge is -2.13. The summed E-state index contributed by atoms with van der Waals surface area (Å²) in [6.45, 7) is 2.73. The summed E-state index contributed by atoms with van der Waals surface area (Å²) < 4.78 is 5.57. The van der Waals surface area contributed by atoms with E-state index in [1.165, 1.54) is 0 Å². The van der Waals surface area contributed by atoms with Crippen LogP contribution in [0.3, 0.4) is 0 Å². The number of nitrogens with two attached hydrogens (primary N) is 1. The van der Waals surface area contributed by atoms with Gasteiger partial charge in [0.1, 0.15) is 5.52 Å². The summed E-state index contributed by atoms with van der Waals surface area (Å²) in [5.41, 5.74) is 7.34. The predicted octanol–water partition coefficient (Wildman–Crippen LogP) is 2.37. The second kappa shape index (κ2) is 4.99. The predicted molar refractivity (Wildman–Crippen MR) is 65.4 cm³/mol. The molecule has 4 heteroatoms. The van der Waals surface area contributed by atoms with E-state index in [-0.39, 0.29) is 6.04 Å². The van der Waals surface area contributed by atoms with Crippen LogP contribution in [0.4, 0.5) is 6.01 Å². The normalized spacial score (nSPS) is 12.9. The molecule has 1 atom stereocenters. The van der Waals surface area contributed by atoms with Crippen LogP contribution in [0.1, 0.15) is 19.8 Å². The second-order valence-electron chi connectivity index (χ2n) is 3.85. The van der Waals surface area contributed by atoms with Crippen molar-refractivity contribution in [3.63, 3.8) is 0 Å². The molecule has 0 spiro atoms. The minimum Gasteiger partial charge on any atom is -0.424 e. The molecule has 0 radical (unpaired) electrons. The Morgan fingerprint density at radius 2 is 2.25 bits per heavy atom. The summed E-state index contributed by atoms with van der Waals surface area (Å²) in [7, 11) is 0. The van der Waals surface area contributed by atoms with E-state index in [1.54, 1.807) is 0 Å². The topological polar surface area (TPSA) is 64.1 Å². The molecule has 1 aromatic carbocycles. The van der Waals surface area contributed by atoms with Crippen molar-refractivity contribution >= 4 is 17.1 Å². The molecule has 1 unspecified atom stereocenters. The van der Waals surface area contributed by atoms with E-state index in [2.05, 4.69) is 17.2 Å². The third-order valence-electron chi connectivity index (χ3n) is 2.54. The fourth-order valence-corrected chi connectivity index (χ4v) is 1.71. The summed E-state index contributed by atoms with van der Waals surface area (Å²) >= 11 is 0. The first-order chi connectivity index (χ1) is 7.83. The van der Waals surface area contributed by atoms with E-state index in [0.717, 1.165) is 23.9 Å². The zero-order chi connectivity index (χ0) is 11.4. The summed E-state index contributed by atoms with van der Waals surface area (Å²) in [6.07, 6.45) is 2.12. The maximum absolute atomic E-state index is 5.67. The highest BCUT2D eigenvalue weighted by Gasteiger charge is 2.09. The zero-order valence-electron chi connectivity index (χ0n) is 9.44. The number of hydrogen-bond acceptors (Lipinski definition) is 4. The van der Waals surface area contributed by atoms with E-state index in [9.17, 15) is 0 Å². The third kappa shape index (κ3) is 2.33. The number of oxazole rings is 1. The van der Waals surface area contributed by atoms with Gasteiger partial charge in [0.25, 0.3) is 6.01 Å². The van der Waals surface area contributed by atoms with Gasteiger partial charge in [0, 0.05) is 12.6 Å². The quantitative estimate of drug-likeness (QED) is 0.810. The molecule has 0 bridgehead atoms. The van der Waals surface area contributed by atoms with Gasteiger partial charge in [-0.3, -0.25) is 0 Å². The molecular weight excluding hydrogens is 202 g/mol. The number of hydrogen-bond donors (Lipinski definition) is 2. The number of aromatic nitrogens is 1. The van der Waals surface area contributed by atoms with Crippen molar-refractivity contribution in [3.05, 3.63) is 24.3 Å². The Hall–Kier alpha value is -1.55. The van der Waals surface area contributed by atoms with Crippen LogP contribution in [-0.2, 0) is 0 Å². The third-order valence-corrected chi connectivity index (χ3v) is 2.54. The number of para-hydroxylation sites is 2. The monoisotopic (exact) mass is 219 g/mol. The molecule has 0 aliphatic carbocycles. The summed E-state index contributed by atoms with van der Waals surface area (Å²) in [4.78, 5) is 4.35. The van der Waals surface area contributed by atoms with Crippen LogP contribution >= 0.6 is 0 Å². The Kier molecular flexibility index (Phi) is 3.41. The smallest absolute Gasteiger partial charge is 0.295 e. The average Bonchev–Trinajstić information content (AvgIpc) is 2.70. The highest BCUT2D eigenvalue weighted by atomic mass is 16.4. The lowest BCUT2D eigenvalue weighted by atomic mass is 10.2. The first-order valence-electron chi connectivity index (χ1n) is 5.65. The molecule has 2 aromatic rings. The van der Waals surface area contributed by atoms with Crippen LogP contribution in [0.25, 0.3) is 11.1 Å². The molecule has 0 aliphatic rings. The number of anilines is 1. The molecular formula is C12H17N3O. The van der Waals surface area contributed by atoms with Crippen molar-refractivity contribution in [3.8, 4) is 0 Å². The lowest BCUT2D eigenvalue weighted by Crippen LogP contribution is -2.28. The van der Waals surface area contributed by atoms with Gasteiger partial charge in [-0.15, -0.1) is 0 Å². The molecule has 1 aromatic heterocycles. The van der Waals surface area contributed by atoms with Crippen LogP contribution in [0.5, 0.6) is 0 Å². The molecule has 0 saturated carbocycles. The van der Waals surface area contributed by atoms with Gasteiger partial charge in [-0.1, -0.05) is 25.5 Å². The Morgan fingerprint density at radius 3 is 2.94 bits per heavy atom. The van der Waals surface area contributed by atoms with Gasteiger partial charge >= 0.3 is 0 Å². The summed E-state index contributed by atoms with van der Waals surface area (Å²) in [5, 5.41) is 3.22. The molecule has 0 fully saturated rings. The van der Waals surface area contributed by atoms with Crippen LogP contribution < -0.4 is 11.1 Å². The first-order valence-corrected chi connectivity index (χ1v) is 5.65. The maximum atomic E-state index is 5.67. The molecule has 0 aliphatic heterocycles. The molecule has 86 valence electrons. The fourth-order valence-electron chi connectivity index (χ4n) is 1.71. The van der Waals surface area contributed by atoms with Gasteiger partial charge in [0.2, 0.25) is 0 Å². The van der Waals surface area contributed by atoms with Gasteiger partial charge in [0.05, 0.1) is 0 Å². The molecule has 2 rings (SSSR count). The lowest BCUT2D eigenvalue weighted by molar-refractivity contribution is 0.574. The highest BCUT2D eigenvalue weighted by molar-refractivity contribution is 5.74. The van der Waals surface area contributed by atoms with Gasteiger partial charge < -0.3 is 15.5 Å². The van der Waals surface area contributed by atoms with Gasteiger partial charge in [-0.25, -0.2) is 0 Å². The van der Waals surface area contributed by atoms with Gasteiger partial charge in [0.15, 0.2) is 5.58 Å². The Balaban J connectivity index is 2.14. The first kappa shape index (κ1) is 11.0. The van der Waals surface area contributed by atoms with E-state index in [0.29, 0.717) is 12.6 Å². The summed E-state index contributed by atoms with van der Waals surface area (Å²) in [5.74, 6) is 0. The number of benzene rings is 1. The van der Waals surface area contributed by atoms with Crippen molar-refractivity contribution in [2.24, 2.45) is 5.73 Å². The van der Waals surface area contributed by atoms with E-state index < -0.39 is 0 Å². The number of nitrogens with one attached hydrogen (secondary N) is 1. The number of rotatable bonds is 5. The standard InChI is InChI=1S/C12H17N3O/c1-2-5-9(8-13)14-12-15-10-6-3-4-7-11(10)16-12/h3-4,6-7,9H,2,5,8,13H2,1H3,(H,14,15). The van der Waals surface area contributed by atoms with Crippen LogP contribution in [0.15, 0.2) is 28.7 Å². The molecule has 16 heavy (non-hydrogen) atoms. The van der Waals surface area contributed by atoms with Gasteiger partial charge in [-0.2, -0.15) is 4.98 Å². The van der Waals surface area contributed by atoms with Crippen molar-refractivity contribution < 1.29 is 4.42 Å². The minimum absolute atomic E-state index is 0.234. The zero-order valence-corrected chi connectivity index (χ0v) is 9.44. The Morgan fingerprint density at radius 1 is 1.44 bits per heavy atom. The van der Waals surface area contributed by atoms with Crippen molar-refractivity contribution in [1.82, 2.24) is 4.98 Å². The van der Waals surface area contributed by atoms with Gasteiger partial charge in [-0.05, 0) is 18.6 Å². The second-order valence-corrected chi connectivity index (χ2v) is 3.85. The van der Waals surface area contributed by atoms with Crippen molar-refractivity contribution in [2.75, 3.05) is 11.9 Å². The summed E-state index contributed by atoms with van der Waals surface area (Å²) in [6, 6.07) is 8.51. The van der Waals surface area contributed by atoms with Crippen LogP contribution in [0.2, 0.25) is 0 Å². The molecule has 3 N–H and O–H groups in total. The number of nitrogens with zero attached hydrogens (tertiary/aromatic N) is 1. The maximum Gasteiger partial charge on any atom is 0.295 e. The van der Waals surface area contributed by atoms with Crippen LogP contribution in [0, 0.1) is 0 Å². The fraction of sp³-hybridized carbons (Fsp3) is 0.417. The highest BCUT2D eigenvalue weighted by Crippen LogP contribution is 2.19. The van der Waals surface area contributed by atoms with E-state index in [4.69, 9.17) is 10.2 Å². The molecule has 0 saturated heterocycles. The largest absolute Gasteiger partial charge is 0.424 e. The molecule has 0 amide bonds. The van der Waals surface area contributed by atoms with Crippen molar-refractivity contribution in [2.45, 2.75) is 25.8 Å². The Bertz CT molecular complexity index is 419. The number of fused-ring (bicyclic) bond motifs is 1. The molecule has 4 nitrogen and oxygen atoms in total. The van der Waals surface area contributed by atoms with Crippen molar-refractivity contribution in [1.29, 1.82) is 0 Å². The van der Waals surface area contributed by atoms with Crippen LogP contribution in [-0.4, -0.2) is 17.6 Å². The van der Waals surface area contributed by atoms with E-state index in [1.807, 2.05) is 24.3 Å². The van der Waals surface area contributed by atoms with E-state index >= 15 is 0 Å². The average molecular weight is 219 g/mol.